The number of esters is 1. The van der Waals surface area contributed by atoms with E-state index < -0.39 is 12.1 Å². The molecule has 0 aliphatic carbocycles. The van der Waals surface area contributed by atoms with Crippen LogP contribution >= 0.6 is 11.6 Å². The molecule has 1 amide bonds. The zero-order valence-electron chi connectivity index (χ0n) is 11.1. The molecule has 0 heterocycles. The Balaban J connectivity index is 2.59. The first-order valence-electron chi connectivity index (χ1n) is 5.68. The average Bonchev–Trinajstić information content (AvgIpc) is 2.37. The summed E-state index contributed by atoms with van der Waals surface area (Å²) in [6, 6.07) is 6.76. The van der Waals surface area contributed by atoms with Gasteiger partial charge in [-0.25, -0.2) is 0 Å². The van der Waals surface area contributed by atoms with Gasteiger partial charge in [0.15, 0.2) is 6.10 Å². The molecule has 1 rings (SSSR count). The van der Waals surface area contributed by atoms with Crippen LogP contribution in [0.5, 0.6) is 5.75 Å². The first-order valence-corrected chi connectivity index (χ1v) is 6.06. The van der Waals surface area contributed by atoms with Gasteiger partial charge in [0, 0.05) is 12.1 Å². The lowest BCUT2D eigenvalue weighted by molar-refractivity contribution is -0.148. The van der Waals surface area contributed by atoms with Gasteiger partial charge in [0.2, 0.25) is 0 Å². The molecule has 0 aromatic heterocycles. The molecule has 0 N–H and O–H groups in total. The third kappa shape index (κ3) is 4.79. The fourth-order valence-electron chi connectivity index (χ4n) is 1.44. The molecule has 5 nitrogen and oxygen atoms in total. The first-order chi connectivity index (χ1) is 8.93. The highest BCUT2D eigenvalue weighted by Gasteiger charge is 2.21. The molecule has 0 radical (unpaired) electrons. The van der Waals surface area contributed by atoms with E-state index in [2.05, 4.69) is 4.74 Å². The van der Waals surface area contributed by atoms with Crippen LogP contribution in [0.15, 0.2) is 24.3 Å². The molecular weight excluding hydrogens is 270 g/mol. The fraction of sp³-hybridized carbons (Fsp3) is 0.385. The monoisotopic (exact) mass is 285 g/mol. The number of benzene rings is 1. The number of ether oxygens (including phenoxy) is 2. The van der Waals surface area contributed by atoms with Gasteiger partial charge in [-0.15, -0.1) is 0 Å². The summed E-state index contributed by atoms with van der Waals surface area (Å²) in [5.74, 6) is -0.295. The summed E-state index contributed by atoms with van der Waals surface area (Å²) in [5.41, 5.74) is 0. The van der Waals surface area contributed by atoms with Crippen LogP contribution in [0.3, 0.4) is 0 Å². The minimum Gasteiger partial charge on any atom is -0.481 e. The zero-order chi connectivity index (χ0) is 14.4. The molecule has 0 aliphatic rings. The van der Waals surface area contributed by atoms with Crippen LogP contribution in [0.2, 0.25) is 5.02 Å². The van der Waals surface area contributed by atoms with E-state index in [0.29, 0.717) is 10.8 Å². The minimum atomic E-state index is -0.715. The molecule has 1 unspecified atom stereocenters. The van der Waals surface area contributed by atoms with Gasteiger partial charge >= 0.3 is 5.97 Å². The maximum Gasteiger partial charge on any atom is 0.325 e. The second kappa shape index (κ2) is 6.99. The molecule has 0 bridgehead atoms. The van der Waals surface area contributed by atoms with Crippen molar-refractivity contribution in [1.29, 1.82) is 0 Å². The molecule has 19 heavy (non-hydrogen) atoms. The van der Waals surface area contributed by atoms with Crippen molar-refractivity contribution in [2.24, 2.45) is 0 Å². The predicted octanol–water partition coefficient (Wildman–Crippen LogP) is 1.74. The van der Waals surface area contributed by atoms with Crippen LogP contribution in [0.25, 0.3) is 0 Å². The van der Waals surface area contributed by atoms with Crippen molar-refractivity contribution in [1.82, 2.24) is 4.90 Å². The molecule has 0 fully saturated rings. The number of nitrogens with zero attached hydrogens (tertiary/aromatic N) is 1. The number of halogens is 1. The Hall–Kier alpha value is -1.75. The summed E-state index contributed by atoms with van der Waals surface area (Å²) in [7, 11) is 2.78. The minimum absolute atomic E-state index is 0.113. The number of likely N-dealkylation sites (N-methyl/N-ethyl adjacent to an activating group) is 1. The Bertz CT molecular complexity index is 464. The van der Waals surface area contributed by atoms with Crippen molar-refractivity contribution in [3.63, 3.8) is 0 Å². The zero-order valence-corrected chi connectivity index (χ0v) is 11.8. The molecule has 1 atom stereocenters. The van der Waals surface area contributed by atoms with Crippen LogP contribution in [0.4, 0.5) is 0 Å². The molecule has 0 saturated heterocycles. The smallest absolute Gasteiger partial charge is 0.325 e. The van der Waals surface area contributed by atoms with E-state index in [0.717, 1.165) is 0 Å². The quantitative estimate of drug-likeness (QED) is 0.773. The van der Waals surface area contributed by atoms with E-state index in [1.54, 1.807) is 31.2 Å². The topological polar surface area (TPSA) is 55.8 Å². The van der Waals surface area contributed by atoms with E-state index >= 15 is 0 Å². The number of methoxy groups -OCH3 is 1. The Labute approximate surface area is 117 Å². The van der Waals surface area contributed by atoms with Gasteiger partial charge in [0.05, 0.1) is 7.11 Å². The fourth-order valence-corrected chi connectivity index (χ4v) is 1.62. The van der Waals surface area contributed by atoms with Crippen molar-refractivity contribution in [3.8, 4) is 5.75 Å². The summed E-state index contributed by atoms with van der Waals surface area (Å²) in [5, 5.41) is 0.528. The number of hydrogen-bond donors (Lipinski definition) is 0. The SMILES string of the molecule is COC(=O)CN(C)C(=O)C(C)Oc1cccc(Cl)c1. The van der Waals surface area contributed by atoms with E-state index in [4.69, 9.17) is 16.3 Å². The number of rotatable bonds is 5. The van der Waals surface area contributed by atoms with Gasteiger partial charge in [0.25, 0.3) is 5.91 Å². The van der Waals surface area contributed by atoms with Crippen molar-refractivity contribution < 1.29 is 19.1 Å². The van der Waals surface area contributed by atoms with Crippen LogP contribution < -0.4 is 4.74 Å². The molecule has 6 heteroatoms. The van der Waals surface area contributed by atoms with Gasteiger partial charge in [0.1, 0.15) is 12.3 Å². The number of carbonyl (C=O) groups is 2. The van der Waals surface area contributed by atoms with Crippen molar-refractivity contribution in [3.05, 3.63) is 29.3 Å². The first kappa shape index (κ1) is 15.3. The summed E-state index contributed by atoms with van der Waals surface area (Å²) < 4.78 is 9.96. The summed E-state index contributed by atoms with van der Waals surface area (Å²) in [4.78, 5) is 24.3. The number of hydrogen-bond acceptors (Lipinski definition) is 4. The number of carbonyl (C=O) groups excluding carboxylic acids is 2. The summed E-state index contributed by atoms with van der Waals surface area (Å²) in [6.45, 7) is 1.50. The third-order valence-electron chi connectivity index (χ3n) is 2.43. The molecule has 0 saturated carbocycles. The molecule has 104 valence electrons. The third-order valence-corrected chi connectivity index (χ3v) is 2.66. The lowest BCUT2D eigenvalue weighted by atomic mass is 10.3. The van der Waals surface area contributed by atoms with Crippen LogP contribution in [-0.4, -0.2) is 43.6 Å². The van der Waals surface area contributed by atoms with Gasteiger partial charge in [-0.2, -0.15) is 0 Å². The normalized spacial score (nSPS) is 11.6. The highest BCUT2D eigenvalue weighted by molar-refractivity contribution is 6.30. The Kier molecular flexibility index (Phi) is 5.63. The largest absolute Gasteiger partial charge is 0.481 e. The average molecular weight is 286 g/mol. The van der Waals surface area contributed by atoms with E-state index in [-0.39, 0.29) is 12.5 Å². The van der Waals surface area contributed by atoms with Crippen LogP contribution in [0.1, 0.15) is 6.92 Å². The van der Waals surface area contributed by atoms with E-state index in [1.165, 1.54) is 19.1 Å². The molecule has 1 aromatic rings. The van der Waals surface area contributed by atoms with E-state index in [1.807, 2.05) is 0 Å². The summed E-state index contributed by atoms with van der Waals surface area (Å²) in [6.07, 6.45) is -0.715. The maximum atomic E-state index is 11.9. The lowest BCUT2D eigenvalue weighted by Crippen LogP contribution is -2.40. The highest BCUT2D eigenvalue weighted by atomic mass is 35.5. The summed E-state index contributed by atoms with van der Waals surface area (Å²) >= 11 is 5.82. The van der Waals surface area contributed by atoms with Gasteiger partial charge < -0.3 is 14.4 Å². The van der Waals surface area contributed by atoms with Crippen LogP contribution in [-0.2, 0) is 14.3 Å². The van der Waals surface area contributed by atoms with Crippen molar-refractivity contribution in [2.75, 3.05) is 20.7 Å². The van der Waals surface area contributed by atoms with Gasteiger partial charge in [-0.05, 0) is 25.1 Å². The Morgan fingerprint density at radius 3 is 2.68 bits per heavy atom. The lowest BCUT2D eigenvalue weighted by Gasteiger charge is -2.21. The molecular formula is C13H16ClNO4. The van der Waals surface area contributed by atoms with Gasteiger partial charge in [-0.1, -0.05) is 17.7 Å². The second-order valence-corrected chi connectivity index (χ2v) is 4.42. The molecule has 0 spiro atoms. The predicted molar refractivity (Wildman–Crippen MR) is 71.2 cm³/mol. The molecule has 1 aromatic carbocycles. The van der Waals surface area contributed by atoms with Gasteiger partial charge in [-0.3, -0.25) is 9.59 Å². The highest BCUT2D eigenvalue weighted by Crippen LogP contribution is 2.18. The Morgan fingerprint density at radius 1 is 1.42 bits per heavy atom. The standard InChI is InChI=1S/C13H16ClNO4/c1-9(13(17)15(2)8-12(16)18-3)19-11-6-4-5-10(14)7-11/h4-7,9H,8H2,1-3H3. The van der Waals surface area contributed by atoms with Crippen molar-refractivity contribution in [2.45, 2.75) is 13.0 Å². The number of amides is 1. The second-order valence-electron chi connectivity index (χ2n) is 3.99. The molecule has 0 aliphatic heterocycles. The Morgan fingerprint density at radius 2 is 2.11 bits per heavy atom. The maximum absolute atomic E-state index is 11.9. The van der Waals surface area contributed by atoms with Crippen LogP contribution in [0, 0.1) is 0 Å². The van der Waals surface area contributed by atoms with Crippen molar-refractivity contribution >= 4 is 23.5 Å². The van der Waals surface area contributed by atoms with E-state index in [9.17, 15) is 9.59 Å².